The van der Waals surface area contributed by atoms with Gasteiger partial charge >= 0.3 is 0 Å². The molecule has 110 valence electrons. The number of aryl methyl sites for hydroxylation is 1. The Labute approximate surface area is 121 Å². The number of hydrogen-bond donors (Lipinski definition) is 2. The zero-order chi connectivity index (χ0) is 14.5. The van der Waals surface area contributed by atoms with Crippen LogP contribution in [0.15, 0.2) is 24.3 Å². The van der Waals surface area contributed by atoms with Gasteiger partial charge in [-0.15, -0.1) is 0 Å². The second-order valence-electron chi connectivity index (χ2n) is 5.87. The van der Waals surface area contributed by atoms with E-state index in [4.69, 9.17) is 10.8 Å². The van der Waals surface area contributed by atoms with Gasteiger partial charge in [0, 0.05) is 19.0 Å². The first-order chi connectivity index (χ1) is 9.65. The summed E-state index contributed by atoms with van der Waals surface area (Å²) in [5.74, 6) is 7.46. The predicted octanol–water partition coefficient (Wildman–Crippen LogP) is 2.87. The average Bonchev–Trinajstić information content (AvgIpc) is 2.76. The van der Waals surface area contributed by atoms with Gasteiger partial charge in [-0.3, -0.25) is 11.3 Å². The lowest BCUT2D eigenvalue weighted by Crippen LogP contribution is -2.38. The van der Waals surface area contributed by atoms with Crippen LogP contribution in [0, 0.1) is 5.92 Å². The molecule has 0 saturated carbocycles. The highest BCUT2D eigenvalue weighted by molar-refractivity contribution is 5.75. The summed E-state index contributed by atoms with van der Waals surface area (Å²) in [5, 5.41) is 0. The lowest BCUT2D eigenvalue weighted by Gasteiger charge is -2.18. The number of hydrogen-bond acceptors (Lipinski definition) is 3. The molecule has 4 nitrogen and oxygen atoms in total. The Bertz CT molecular complexity index is 544. The minimum atomic E-state index is 0.280. The third kappa shape index (κ3) is 3.38. The second-order valence-corrected chi connectivity index (χ2v) is 5.87. The minimum absolute atomic E-state index is 0.280. The van der Waals surface area contributed by atoms with Crippen LogP contribution in [0.5, 0.6) is 0 Å². The van der Waals surface area contributed by atoms with Gasteiger partial charge in [-0.2, -0.15) is 0 Å². The molecule has 3 N–H and O–H groups in total. The standard InChI is InChI=1S/C16H26N4/c1-4-9-20-15-8-6-5-7-14(15)18-16(20)11-13(19-17)10-12(2)3/h5-8,12-13,19H,4,9-11,17H2,1-3H3. The number of nitrogens with zero attached hydrogens (tertiary/aromatic N) is 2. The van der Waals surface area contributed by atoms with Crippen molar-refractivity contribution in [1.82, 2.24) is 15.0 Å². The fourth-order valence-corrected chi connectivity index (χ4v) is 2.75. The number of para-hydroxylation sites is 2. The van der Waals surface area contributed by atoms with Crippen LogP contribution in [0.3, 0.4) is 0 Å². The summed E-state index contributed by atoms with van der Waals surface area (Å²) in [6, 6.07) is 8.63. The Hall–Kier alpha value is -1.39. The number of imidazole rings is 1. The van der Waals surface area contributed by atoms with Gasteiger partial charge < -0.3 is 4.57 Å². The van der Waals surface area contributed by atoms with Crippen molar-refractivity contribution in [2.24, 2.45) is 11.8 Å². The molecule has 0 radical (unpaired) electrons. The maximum absolute atomic E-state index is 5.70. The topological polar surface area (TPSA) is 55.9 Å². The molecule has 0 amide bonds. The van der Waals surface area contributed by atoms with Crippen LogP contribution in [0.2, 0.25) is 0 Å². The molecule has 0 saturated heterocycles. The van der Waals surface area contributed by atoms with Crippen molar-refractivity contribution in [3.63, 3.8) is 0 Å². The largest absolute Gasteiger partial charge is 0.328 e. The van der Waals surface area contributed by atoms with Gasteiger partial charge in [-0.1, -0.05) is 32.9 Å². The van der Waals surface area contributed by atoms with E-state index in [0.29, 0.717) is 5.92 Å². The quantitative estimate of drug-likeness (QED) is 0.603. The fraction of sp³-hybridized carbons (Fsp3) is 0.562. The number of benzene rings is 1. The van der Waals surface area contributed by atoms with E-state index in [9.17, 15) is 0 Å². The van der Waals surface area contributed by atoms with E-state index in [1.54, 1.807) is 0 Å². The fourth-order valence-electron chi connectivity index (χ4n) is 2.75. The smallest absolute Gasteiger partial charge is 0.111 e. The van der Waals surface area contributed by atoms with Gasteiger partial charge in [-0.05, 0) is 30.9 Å². The highest BCUT2D eigenvalue weighted by atomic mass is 15.2. The van der Waals surface area contributed by atoms with E-state index in [1.807, 2.05) is 6.07 Å². The number of nitrogens with one attached hydrogen (secondary N) is 1. The third-order valence-corrected chi connectivity index (χ3v) is 3.60. The van der Waals surface area contributed by atoms with E-state index in [2.05, 4.69) is 49.0 Å². The molecule has 4 heteroatoms. The second kappa shape index (κ2) is 6.86. The monoisotopic (exact) mass is 274 g/mol. The number of fused-ring (bicyclic) bond motifs is 1. The summed E-state index contributed by atoms with van der Waals surface area (Å²) in [6.07, 6.45) is 3.05. The normalized spacial score (nSPS) is 13.2. The molecule has 0 aliphatic rings. The predicted molar refractivity (Wildman–Crippen MR) is 84.3 cm³/mol. The van der Waals surface area contributed by atoms with Crippen molar-refractivity contribution in [3.05, 3.63) is 30.1 Å². The molecular formula is C16H26N4. The van der Waals surface area contributed by atoms with Gasteiger partial charge in [0.2, 0.25) is 0 Å². The number of rotatable bonds is 7. The molecule has 2 aromatic rings. The van der Waals surface area contributed by atoms with Crippen molar-refractivity contribution in [2.75, 3.05) is 0 Å². The summed E-state index contributed by atoms with van der Waals surface area (Å²) < 4.78 is 2.33. The zero-order valence-electron chi connectivity index (χ0n) is 12.8. The highest BCUT2D eigenvalue weighted by Gasteiger charge is 2.16. The van der Waals surface area contributed by atoms with Gasteiger partial charge in [0.1, 0.15) is 5.82 Å². The van der Waals surface area contributed by atoms with Crippen LogP contribution >= 0.6 is 0 Å². The Morgan fingerprint density at radius 2 is 2.05 bits per heavy atom. The van der Waals surface area contributed by atoms with E-state index >= 15 is 0 Å². The number of aromatic nitrogens is 2. The number of hydrazine groups is 1. The molecule has 1 heterocycles. The van der Waals surface area contributed by atoms with Crippen LogP contribution in [-0.2, 0) is 13.0 Å². The van der Waals surface area contributed by atoms with Gasteiger partial charge in [0.05, 0.1) is 11.0 Å². The van der Waals surface area contributed by atoms with Crippen molar-refractivity contribution in [1.29, 1.82) is 0 Å². The van der Waals surface area contributed by atoms with Gasteiger partial charge in [0.15, 0.2) is 0 Å². The third-order valence-electron chi connectivity index (χ3n) is 3.60. The van der Waals surface area contributed by atoms with E-state index in [-0.39, 0.29) is 6.04 Å². The van der Waals surface area contributed by atoms with Crippen LogP contribution in [-0.4, -0.2) is 15.6 Å². The molecule has 0 bridgehead atoms. The Balaban J connectivity index is 2.29. The van der Waals surface area contributed by atoms with Gasteiger partial charge in [0.25, 0.3) is 0 Å². The molecule has 0 spiro atoms. The van der Waals surface area contributed by atoms with Crippen molar-refractivity contribution in [3.8, 4) is 0 Å². The molecule has 1 unspecified atom stereocenters. The molecule has 1 aromatic carbocycles. The van der Waals surface area contributed by atoms with Crippen LogP contribution < -0.4 is 11.3 Å². The van der Waals surface area contributed by atoms with Crippen LogP contribution in [0.25, 0.3) is 11.0 Å². The first-order valence-electron chi connectivity index (χ1n) is 7.56. The summed E-state index contributed by atoms with van der Waals surface area (Å²) in [6.45, 7) is 7.65. The molecule has 2 rings (SSSR count). The van der Waals surface area contributed by atoms with Crippen molar-refractivity contribution in [2.45, 2.75) is 52.6 Å². The highest BCUT2D eigenvalue weighted by Crippen LogP contribution is 2.19. The lowest BCUT2D eigenvalue weighted by molar-refractivity contribution is 0.412. The number of nitrogens with two attached hydrogens (primary N) is 1. The lowest BCUT2D eigenvalue weighted by atomic mass is 10.0. The van der Waals surface area contributed by atoms with E-state index < -0.39 is 0 Å². The van der Waals surface area contributed by atoms with E-state index in [0.717, 1.165) is 37.1 Å². The van der Waals surface area contributed by atoms with E-state index in [1.165, 1.54) is 5.52 Å². The maximum atomic E-state index is 5.70. The van der Waals surface area contributed by atoms with Crippen LogP contribution in [0.1, 0.15) is 39.4 Å². The average molecular weight is 274 g/mol. The summed E-state index contributed by atoms with van der Waals surface area (Å²) in [4.78, 5) is 4.79. The maximum Gasteiger partial charge on any atom is 0.111 e. The molecular weight excluding hydrogens is 248 g/mol. The molecule has 1 atom stereocenters. The first-order valence-corrected chi connectivity index (χ1v) is 7.56. The Kier molecular flexibility index (Phi) is 5.15. The Morgan fingerprint density at radius 3 is 2.70 bits per heavy atom. The minimum Gasteiger partial charge on any atom is -0.328 e. The van der Waals surface area contributed by atoms with Gasteiger partial charge in [-0.25, -0.2) is 4.98 Å². The zero-order valence-corrected chi connectivity index (χ0v) is 12.8. The Morgan fingerprint density at radius 1 is 1.30 bits per heavy atom. The SMILES string of the molecule is CCCn1c(CC(CC(C)C)NN)nc2ccccc21. The molecule has 0 fully saturated rings. The van der Waals surface area contributed by atoms with Crippen LogP contribution in [0.4, 0.5) is 0 Å². The molecule has 20 heavy (non-hydrogen) atoms. The first kappa shape index (κ1) is 15.0. The summed E-state index contributed by atoms with van der Waals surface area (Å²) >= 11 is 0. The molecule has 0 aliphatic carbocycles. The summed E-state index contributed by atoms with van der Waals surface area (Å²) in [5.41, 5.74) is 5.25. The molecule has 0 aliphatic heterocycles. The molecule has 1 aromatic heterocycles. The van der Waals surface area contributed by atoms with Crippen molar-refractivity contribution < 1.29 is 0 Å². The van der Waals surface area contributed by atoms with Crippen molar-refractivity contribution >= 4 is 11.0 Å². The summed E-state index contributed by atoms with van der Waals surface area (Å²) in [7, 11) is 0.